The van der Waals surface area contributed by atoms with Gasteiger partial charge in [0.15, 0.2) is 0 Å². The molecule has 2 atom stereocenters. The van der Waals surface area contributed by atoms with Gasteiger partial charge in [0.2, 0.25) is 0 Å². The molecule has 1 aromatic carbocycles. The quantitative estimate of drug-likeness (QED) is 0.736. The lowest BCUT2D eigenvalue weighted by atomic mass is 9.84. The van der Waals surface area contributed by atoms with Crippen molar-refractivity contribution in [1.29, 1.82) is 0 Å². The summed E-state index contributed by atoms with van der Waals surface area (Å²) >= 11 is 0. The molecule has 1 aliphatic rings. The largest absolute Gasteiger partial charge is 0.481 e. The van der Waals surface area contributed by atoms with Gasteiger partial charge < -0.3 is 16.2 Å². The maximum atomic E-state index is 12.2. The van der Waals surface area contributed by atoms with Crippen molar-refractivity contribution in [3.8, 4) is 0 Å². The number of carboxylic acids is 1. The normalized spacial score (nSPS) is 22.2. The topological polar surface area (TPSA) is 92.4 Å². The second-order valence-corrected chi connectivity index (χ2v) is 5.38. The smallest absolute Gasteiger partial charge is 0.308 e. The van der Waals surface area contributed by atoms with Crippen LogP contribution in [-0.2, 0) is 4.79 Å². The number of nitrogen functional groups attached to an aromatic ring is 1. The van der Waals surface area contributed by atoms with Crippen LogP contribution in [0.5, 0.6) is 0 Å². The third-order valence-electron chi connectivity index (χ3n) is 3.94. The van der Waals surface area contributed by atoms with Crippen LogP contribution in [0.3, 0.4) is 0 Å². The lowest BCUT2D eigenvalue weighted by molar-refractivity contribution is -0.143. The van der Waals surface area contributed by atoms with Gasteiger partial charge in [0.25, 0.3) is 5.91 Å². The van der Waals surface area contributed by atoms with Gasteiger partial charge in [-0.3, -0.25) is 9.59 Å². The molecule has 2 rings (SSSR count). The predicted molar refractivity (Wildman–Crippen MR) is 76.4 cm³/mol. The fourth-order valence-electron chi connectivity index (χ4n) is 2.63. The van der Waals surface area contributed by atoms with E-state index in [-0.39, 0.29) is 11.9 Å². The van der Waals surface area contributed by atoms with Crippen LogP contribution in [0.1, 0.15) is 41.6 Å². The lowest BCUT2D eigenvalue weighted by Gasteiger charge is -2.29. The van der Waals surface area contributed by atoms with Crippen LogP contribution < -0.4 is 11.1 Å². The summed E-state index contributed by atoms with van der Waals surface area (Å²) in [6.45, 7) is 1.87. The molecule has 4 N–H and O–H groups in total. The molecule has 0 saturated heterocycles. The van der Waals surface area contributed by atoms with E-state index in [1.54, 1.807) is 18.2 Å². The van der Waals surface area contributed by atoms with Crippen LogP contribution >= 0.6 is 0 Å². The molecule has 2 unspecified atom stereocenters. The summed E-state index contributed by atoms with van der Waals surface area (Å²) < 4.78 is 0. The molecule has 1 aliphatic carbocycles. The third-order valence-corrected chi connectivity index (χ3v) is 3.94. The standard InChI is InChI=1S/C15H20N2O3/c1-9-6-7-10(8-12(9)16)14(18)17-13-5-3-2-4-11(13)15(19)20/h6-8,11,13H,2-5,16H2,1H3,(H,17,18)(H,19,20). The number of rotatable bonds is 3. The zero-order valence-electron chi connectivity index (χ0n) is 11.6. The average molecular weight is 276 g/mol. The van der Waals surface area contributed by atoms with Crippen molar-refractivity contribution in [2.24, 2.45) is 5.92 Å². The van der Waals surface area contributed by atoms with E-state index in [1.807, 2.05) is 6.92 Å². The first-order chi connectivity index (χ1) is 9.49. The summed E-state index contributed by atoms with van der Waals surface area (Å²) in [5.41, 5.74) is 7.75. The molecule has 0 radical (unpaired) electrons. The van der Waals surface area contributed by atoms with Crippen molar-refractivity contribution < 1.29 is 14.7 Å². The van der Waals surface area contributed by atoms with E-state index in [0.717, 1.165) is 18.4 Å². The van der Waals surface area contributed by atoms with E-state index < -0.39 is 11.9 Å². The Bertz CT molecular complexity index is 528. The molecule has 5 heteroatoms. The molecular formula is C15H20N2O3. The lowest BCUT2D eigenvalue weighted by Crippen LogP contribution is -2.45. The number of carbonyl (C=O) groups excluding carboxylic acids is 1. The number of anilines is 1. The number of carbonyl (C=O) groups is 2. The summed E-state index contributed by atoms with van der Waals surface area (Å²) in [4.78, 5) is 23.4. The Morgan fingerprint density at radius 3 is 2.65 bits per heavy atom. The SMILES string of the molecule is Cc1ccc(C(=O)NC2CCCCC2C(=O)O)cc1N. The average Bonchev–Trinajstić information content (AvgIpc) is 2.42. The summed E-state index contributed by atoms with van der Waals surface area (Å²) in [5.74, 6) is -1.58. The third kappa shape index (κ3) is 3.10. The molecule has 5 nitrogen and oxygen atoms in total. The Morgan fingerprint density at radius 2 is 2.00 bits per heavy atom. The monoisotopic (exact) mass is 276 g/mol. The summed E-state index contributed by atoms with van der Waals surface area (Å²) in [5, 5.41) is 12.0. The van der Waals surface area contributed by atoms with Crippen molar-refractivity contribution in [2.75, 3.05) is 5.73 Å². The summed E-state index contributed by atoms with van der Waals surface area (Å²) in [6.07, 6.45) is 3.19. The van der Waals surface area contributed by atoms with Gasteiger partial charge in [-0.2, -0.15) is 0 Å². The van der Waals surface area contributed by atoms with E-state index in [9.17, 15) is 14.7 Å². The molecule has 1 fully saturated rings. The van der Waals surface area contributed by atoms with Gasteiger partial charge in [-0.05, 0) is 37.5 Å². The van der Waals surface area contributed by atoms with Crippen LogP contribution in [0, 0.1) is 12.8 Å². The van der Waals surface area contributed by atoms with Gasteiger partial charge in [0.1, 0.15) is 0 Å². The molecule has 0 aromatic heterocycles. The van der Waals surface area contributed by atoms with Crippen LogP contribution in [0.15, 0.2) is 18.2 Å². The minimum atomic E-state index is -0.835. The summed E-state index contributed by atoms with van der Waals surface area (Å²) in [7, 11) is 0. The maximum absolute atomic E-state index is 12.2. The molecule has 0 heterocycles. The van der Waals surface area contributed by atoms with E-state index in [4.69, 9.17) is 5.73 Å². The van der Waals surface area contributed by atoms with Crippen LogP contribution in [0.4, 0.5) is 5.69 Å². The highest BCUT2D eigenvalue weighted by Crippen LogP contribution is 2.25. The second-order valence-electron chi connectivity index (χ2n) is 5.38. The molecule has 1 aromatic rings. The molecule has 1 saturated carbocycles. The van der Waals surface area contributed by atoms with Crippen molar-refractivity contribution in [2.45, 2.75) is 38.6 Å². The molecule has 0 bridgehead atoms. The Labute approximate surface area is 118 Å². The van der Waals surface area contributed by atoms with E-state index >= 15 is 0 Å². The molecule has 20 heavy (non-hydrogen) atoms. The minimum absolute atomic E-state index is 0.255. The van der Waals surface area contributed by atoms with Gasteiger partial charge in [-0.25, -0.2) is 0 Å². The van der Waals surface area contributed by atoms with E-state index in [2.05, 4.69) is 5.32 Å². The highest BCUT2D eigenvalue weighted by atomic mass is 16.4. The van der Waals surface area contributed by atoms with Crippen molar-refractivity contribution in [3.63, 3.8) is 0 Å². The van der Waals surface area contributed by atoms with Crippen molar-refractivity contribution >= 4 is 17.6 Å². The highest BCUT2D eigenvalue weighted by molar-refractivity contribution is 5.95. The number of aliphatic carboxylic acids is 1. The van der Waals surface area contributed by atoms with Gasteiger partial charge in [0.05, 0.1) is 5.92 Å². The molecule has 1 amide bonds. The Balaban J connectivity index is 2.09. The zero-order valence-corrected chi connectivity index (χ0v) is 11.6. The van der Waals surface area contributed by atoms with E-state index in [0.29, 0.717) is 24.1 Å². The van der Waals surface area contributed by atoms with Gasteiger partial charge >= 0.3 is 5.97 Å². The van der Waals surface area contributed by atoms with Crippen molar-refractivity contribution in [3.05, 3.63) is 29.3 Å². The highest BCUT2D eigenvalue weighted by Gasteiger charge is 2.31. The van der Waals surface area contributed by atoms with Gasteiger partial charge in [-0.15, -0.1) is 0 Å². The first-order valence-electron chi connectivity index (χ1n) is 6.89. The zero-order chi connectivity index (χ0) is 14.7. The Kier molecular flexibility index (Phi) is 4.27. The van der Waals surface area contributed by atoms with Crippen LogP contribution in [-0.4, -0.2) is 23.0 Å². The van der Waals surface area contributed by atoms with Gasteiger partial charge in [-0.1, -0.05) is 18.9 Å². The molecular weight excluding hydrogens is 256 g/mol. The fourth-order valence-corrected chi connectivity index (χ4v) is 2.63. The molecule has 108 valence electrons. The molecule has 0 aliphatic heterocycles. The first-order valence-corrected chi connectivity index (χ1v) is 6.89. The second kappa shape index (κ2) is 5.94. The van der Waals surface area contributed by atoms with Crippen LogP contribution in [0.2, 0.25) is 0 Å². The number of nitrogens with one attached hydrogen (secondary N) is 1. The van der Waals surface area contributed by atoms with E-state index in [1.165, 1.54) is 0 Å². The van der Waals surface area contributed by atoms with Gasteiger partial charge in [0, 0.05) is 17.3 Å². The van der Waals surface area contributed by atoms with Crippen molar-refractivity contribution in [1.82, 2.24) is 5.32 Å². The fraction of sp³-hybridized carbons (Fsp3) is 0.467. The number of benzene rings is 1. The number of aryl methyl sites for hydroxylation is 1. The number of hydrogen-bond donors (Lipinski definition) is 3. The predicted octanol–water partition coefficient (Wildman–Crippen LogP) is 1.95. The number of amides is 1. The minimum Gasteiger partial charge on any atom is -0.481 e. The Morgan fingerprint density at radius 1 is 1.30 bits per heavy atom. The molecule has 0 spiro atoms. The van der Waals surface area contributed by atoms with Crippen LogP contribution in [0.25, 0.3) is 0 Å². The number of hydrogen-bond acceptors (Lipinski definition) is 3. The number of carboxylic acid groups (broad SMARTS) is 1. The Hall–Kier alpha value is -2.04. The maximum Gasteiger partial charge on any atom is 0.308 e. The number of nitrogens with two attached hydrogens (primary N) is 1. The first kappa shape index (κ1) is 14.4. The summed E-state index contributed by atoms with van der Waals surface area (Å²) in [6, 6.07) is 4.83.